The summed E-state index contributed by atoms with van der Waals surface area (Å²) in [6, 6.07) is 6.09. The normalized spacial score (nSPS) is 20.6. The molecule has 0 radical (unpaired) electrons. The van der Waals surface area contributed by atoms with Crippen molar-refractivity contribution < 1.29 is 18.7 Å². The van der Waals surface area contributed by atoms with E-state index in [1.54, 1.807) is 30.5 Å². The highest BCUT2D eigenvalue weighted by atomic mass is 19.1. The largest absolute Gasteiger partial charge is 0.472 e. The number of fused-ring (bicyclic) bond motifs is 4. The van der Waals surface area contributed by atoms with E-state index in [1.165, 1.54) is 6.08 Å². The van der Waals surface area contributed by atoms with Crippen LogP contribution in [0.5, 0.6) is 5.88 Å². The summed E-state index contributed by atoms with van der Waals surface area (Å²) in [4.78, 5) is 22.2. The molecule has 51 heavy (non-hydrogen) atoms. The Morgan fingerprint density at radius 3 is 2.71 bits per heavy atom. The van der Waals surface area contributed by atoms with E-state index in [1.807, 2.05) is 37.6 Å². The number of aromatic amines is 1. The number of rotatable bonds is 9. The van der Waals surface area contributed by atoms with Gasteiger partial charge in [0.25, 0.3) is 0 Å². The van der Waals surface area contributed by atoms with E-state index in [0.29, 0.717) is 48.2 Å². The lowest BCUT2D eigenvalue weighted by atomic mass is 9.89. The van der Waals surface area contributed by atoms with Gasteiger partial charge < -0.3 is 14.4 Å². The number of likely N-dealkylation sites (tertiary alicyclic amines) is 2. The number of aryl methyl sites for hydroxylation is 2. The Hall–Kier alpha value is -4.86. The van der Waals surface area contributed by atoms with E-state index in [4.69, 9.17) is 19.6 Å². The van der Waals surface area contributed by atoms with Crippen LogP contribution in [0.15, 0.2) is 36.7 Å². The molecule has 3 aromatic heterocycles. The van der Waals surface area contributed by atoms with Crippen molar-refractivity contribution in [2.24, 2.45) is 0 Å². The van der Waals surface area contributed by atoms with Gasteiger partial charge in [-0.3, -0.25) is 19.5 Å². The summed E-state index contributed by atoms with van der Waals surface area (Å²) in [5.74, 6) is -0.211. The number of piperidine rings is 1. The topological polar surface area (TPSA) is 125 Å². The van der Waals surface area contributed by atoms with E-state index in [2.05, 4.69) is 35.1 Å². The third kappa shape index (κ3) is 6.12. The Balaban J connectivity index is 1.39. The number of hydrogen-bond donors (Lipinski definition) is 1. The van der Waals surface area contributed by atoms with E-state index < -0.39 is 5.82 Å². The van der Waals surface area contributed by atoms with Gasteiger partial charge in [-0.1, -0.05) is 6.08 Å². The summed E-state index contributed by atoms with van der Waals surface area (Å²) in [7, 11) is 3.68. The van der Waals surface area contributed by atoms with Gasteiger partial charge in [-0.2, -0.15) is 15.5 Å². The number of hydrogen-bond acceptors (Lipinski definition) is 8. The second-order valence-corrected chi connectivity index (χ2v) is 14.2. The van der Waals surface area contributed by atoms with Crippen LogP contribution in [0.2, 0.25) is 0 Å². The highest BCUT2D eigenvalue weighted by molar-refractivity contribution is 6.09. The first-order chi connectivity index (χ1) is 24.6. The number of benzene rings is 2. The lowest BCUT2D eigenvalue weighted by Gasteiger charge is -2.38. The number of carbonyl (C=O) groups excluding carboxylic acids is 1. The maximum absolute atomic E-state index is 17.4. The van der Waals surface area contributed by atoms with Crippen molar-refractivity contribution in [2.45, 2.75) is 84.0 Å². The number of pyridine rings is 1. The molecule has 2 saturated heterocycles. The SMILES string of the molecule is COC/C=C/C(=O)N1CC[C@H](n2ncc3c(O[C@@H](C)C4CCCN4C)nc4c(F)c(-c5c(C)c(C)cc6[nH]ncc56)c(C)cc4c32)C[C@H]1CC#N. The zero-order valence-corrected chi connectivity index (χ0v) is 30.2. The number of likely N-dealkylation sites (N-methyl/N-ethyl adjacent to an activating group) is 1. The minimum Gasteiger partial charge on any atom is -0.472 e. The number of nitriles is 1. The summed E-state index contributed by atoms with van der Waals surface area (Å²) in [6.45, 7) is 9.82. The predicted molar refractivity (Wildman–Crippen MR) is 195 cm³/mol. The Labute approximate surface area is 297 Å². The number of amides is 1. The first-order valence-electron chi connectivity index (χ1n) is 17.8. The highest BCUT2D eigenvalue weighted by Gasteiger charge is 2.35. The number of aromatic nitrogens is 5. The van der Waals surface area contributed by atoms with Gasteiger partial charge in [0.05, 0.1) is 54.0 Å². The Bertz CT molecular complexity index is 2200. The van der Waals surface area contributed by atoms with Gasteiger partial charge in [0, 0.05) is 48.2 Å². The van der Waals surface area contributed by atoms with Crippen LogP contribution in [0.3, 0.4) is 0 Å². The fourth-order valence-corrected chi connectivity index (χ4v) is 8.30. The number of carbonyl (C=O) groups is 1. The molecule has 2 aliphatic heterocycles. The second kappa shape index (κ2) is 14.0. The second-order valence-electron chi connectivity index (χ2n) is 14.2. The summed E-state index contributed by atoms with van der Waals surface area (Å²) >= 11 is 0. The summed E-state index contributed by atoms with van der Waals surface area (Å²) in [6.07, 6.45) is 9.97. The number of ether oxygens (including phenoxy) is 2. The molecule has 0 saturated carbocycles. The van der Waals surface area contributed by atoms with Crippen molar-refractivity contribution >= 4 is 38.6 Å². The molecule has 0 spiro atoms. The van der Waals surface area contributed by atoms with Crippen molar-refractivity contribution in [2.75, 3.05) is 33.9 Å². The average Bonchev–Trinajstić information content (AvgIpc) is 3.87. The summed E-state index contributed by atoms with van der Waals surface area (Å²) in [5, 5.41) is 24.2. The molecule has 5 aromatic rings. The number of methoxy groups -OCH3 is 1. The lowest BCUT2D eigenvalue weighted by molar-refractivity contribution is -0.130. The maximum atomic E-state index is 17.4. The molecule has 0 aliphatic carbocycles. The molecule has 11 nitrogen and oxygen atoms in total. The van der Waals surface area contributed by atoms with Crippen LogP contribution < -0.4 is 4.74 Å². The average molecular weight is 693 g/mol. The molecule has 266 valence electrons. The summed E-state index contributed by atoms with van der Waals surface area (Å²) < 4.78 is 31.1. The van der Waals surface area contributed by atoms with Crippen molar-refractivity contribution in [3.63, 3.8) is 0 Å². The molecule has 1 unspecified atom stereocenters. The van der Waals surface area contributed by atoms with Crippen LogP contribution in [0.4, 0.5) is 4.39 Å². The number of nitrogens with zero attached hydrogens (tertiary/aromatic N) is 7. The smallest absolute Gasteiger partial charge is 0.246 e. The van der Waals surface area contributed by atoms with Crippen LogP contribution >= 0.6 is 0 Å². The monoisotopic (exact) mass is 692 g/mol. The lowest BCUT2D eigenvalue weighted by Crippen LogP contribution is -2.46. The zero-order valence-electron chi connectivity index (χ0n) is 30.2. The molecule has 7 rings (SSSR count). The van der Waals surface area contributed by atoms with Gasteiger partial charge in [-0.25, -0.2) is 9.37 Å². The van der Waals surface area contributed by atoms with E-state index in [0.717, 1.165) is 58.1 Å². The zero-order chi connectivity index (χ0) is 36.0. The number of H-pyrrole nitrogens is 1. The molecule has 2 fully saturated rings. The predicted octanol–water partition coefficient (Wildman–Crippen LogP) is 6.70. The van der Waals surface area contributed by atoms with Crippen molar-refractivity contribution in [3.05, 3.63) is 59.2 Å². The standard InChI is InChI=1S/C39H45FN8O3/c1-22-18-31-29(20-42-45-31)35(24(22)3)34-23(2)17-28-37(36(34)40)44-39(51-25(4)32-9-7-14-46(32)5)30-21-43-48(38(28)30)27-12-15-47(26(19-27)11-13-41)33(49)10-8-16-50-6/h8,10,17-18,20-21,25-27,32H,7,9,11-12,14-16,19H2,1-6H3,(H,42,45)/b10-8+/t25-,26+,27-,32?/m0/s1. The van der Waals surface area contributed by atoms with Crippen molar-refractivity contribution in [3.8, 4) is 23.1 Å². The van der Waals surface area contributed by atoms with Crippen molar-refractivity contribution in [1.29, 1.82) is 5.26 Å². The molecule has 1 N–H and O–H groups in total. The van der Waals surface area contributed by atoms with Gasteiger partial charge >= 0.3 is 0 Å². The molecular weight excluding hydrogens is 647 g/mol. The molecule has 5 heterocycles. The van der Waals surface area contributed by atoms with E-state index >= 15 is 4.39 Å². The molecule has 12 heteroatoms. The van der Waals surface area contributed by atoms with E-state index in [-0.39, 0.29) is 42.1 Å². The first kappa shape index (κ1) is 34.6. The van der Waals surface area contributed by atoms with Gasteiger partial charge in [0.15, 0.2) is 5.82 Å². The maximum Gasteiger partial charge on any atom is 0.246 e. The van der Waals surface area contributed by atoms with Crippen LogP contribution in [-0.2, 0) is 9.53 Å². The minimum absolute atomic E-state index is 0.141. The Morgan fingerprint density at radius 2 is 1.96 bits per heavy atom. The fourth-order valence-electron chi connectivity index (χ4n) is 8.30. The number of nitrogens with one attached hydrogen (secondary N) is 1. The van der Waals surface area contributed by atoms with E-state index in [9.17, 15) is 10.1 Å². The number of halogens is 1. The van der Waals surface area contributed by atoms with Gasteiger partial charge in [0.1, 0.15) is 11.6 Å². The summed E-state index contributed by atoms with van der Waals surface area (Å²) in [5.41, 5.74) is 5.87. The Morgan fingerprint density at radius 1 is 1.14 bits per heavy atom. The van der Waals surface area contributed by atoms with Gasteiger partial charge in [0.2, 0.25) is 11.8 Å². The van der Waals surface area contributed by atoms with Crippen LogP contribution in [-0.4, -0.2) is 92.7 Å². The molecule has 2 aromatic carbocycles. The quantitative estimate of drug-likeness (QED) is 0.169. The third-order valence-corrected chi connectivity index (χ3v) is 11.0. The molecule has 2 aliphatic rings. The van der Waals surface area contributed by atoms with Crippen molar-refractivity contribution in [1.82, 2.24) is 34.8 Å². The third-order valence-electron chi connectivity index (χ3n) is 11.0. The van der Waals surface area contributed by atoms with Crippen LogP contribution in [0.25, 0.3) is 43.8 Å². The fraction of sp³-hybridized carbons (Fsp3) is 0.462. The molecular formula is C39H45FN8O3. The van der Waals surface area contributed by atoms with Crippen LogP contribution in [0.1, 0.15) is 61.8 Å². The van der Waals surface area contributed by atoms with Crippen LogP contribution in [0, 0.1) is 37.9 Å². The molecule has 4 atom stereocenters. The van der Waals surface area contributed by atoms with Gasteiger partial charge in [-0.15, -0.1) is 0 Å². The first-order valence-corrected chi connectivity index (χ1v) is 17.8. The Kier molecular flexibility index (Phi) is 9.52. The highest BCUT2D eigenvalue weighted by Crippen LogP contribution is 2.43. The molecule has 0 bridgehead atoms. The van der Waals surface area contributed by atoms with Gasteiger partial charge in [-0.05, 0) is 101 Å². The molecule has 1 amide bonds. The minimum atomic E-state index is -0.419.